The van der Waals surface area contributed by atoms with E-state index in [1.165, 1.54) is 0 Å². The number of ether oxygens (including phenoxy) is 1. The number of nitrogens with zero attached hydrogens (tertiary/aromatic N) is 3. The fourth-order valence-corrected chi connectivity index (χ4v) is 9.42. The molecule has 0 radical (unpaired) electrons. The van der Waals surface area contributed by atoms with E-state index < -0.39 is 22.6 Å². The fourth-order valence-electron chi connectivity index (χ4n) is 7.22. The first-order valence-corrected chi connectivity index (χ1v) is 16.9. The maximum atomic E-state index is 14.7. The van der Waals surface area contributed by atoms with Gasteiger partial charge in [-0.1, -0.05) is 25.0 Å². The van der Waals surface area contributed by atoms with Crippen LogP contribution in [-0.2, 0) is 19.1 Å². The quantitative estimate of drug-likeness (QED) is 0.139. The molecule has 0 saturated carbocycles. The molecule has 2 amide bonds. The van der Waals surface area contributed by atoms with Crippen molar-refractivity contribution in [1.29, 1.82) is 0 Å². The van der Waals surface area contributed by atoms with E-state index in [9.17, 15) is 19.5 Å². The summed E-state index contributed by atoms with van der Waals surface area (Å²) in [6.07, 6.45) is 9.68. The van der Waals surface area contributed by atoms with Crippen LogP contribution in [0.15, 0.2) is 49.6 Å². The van der Waals surface area contributed by atoms with Crippen molar-refractivity contribution in [2.75, 3.05) is 49.2 Å². The fraction of sp³-hybridized carbons (Fsp3) is 0.618. The number of thioether (sulfide) groups is 1. The first-order chi connectivity index (χ1) is 20.9. The Morgan fingerprint density at radius 2 is 1.77 bits per heavy atom. The summed E-state index contributed by atoms with van der Waals surface area (Å²) in [6.45, 7) is 14.9. The van der Waals surface area contributed by atoms with Crippen LogP contribution >= 0.6 is 11.8 Å². The molecule has 5 atom stereocenters. The number of likely N-dealkylation sites (tertiary alicyclic amines) is 1. The predicted molar refractivity (Wildman–Crippen MR) is 174 cm³/mol. The van der Waals surface area contributed by atoms with Crippen molar-refractivity contribution in [1.82, 2.24) is 4.90 Å². The van der Waals surface area contributed by atoms with Crippen LogP contribution in [0.25, 0.3) is 0 Å². The number of benzene rings is 1. The van der Waals surface area contributed by atoms with E-state index >= 15 is 0 Å². The average Bonchev–Trinajstić information content (AvgIpc) is 3.66. The van der Waals surface area contributed by atoms with E-state index in [1.54, 1.807) is 33.7 Å². The minimum absolute atomic E-state index is 0.0240. The number of rotatable bonds is 18. The highest BCUT2D eigenvalue weighted by Gasteiger charge is 2.74. The van der Waals surface area contributed by atoms with Crippen LogP contribution in [0, 0.1) is 11.8 Å². The maximum Gasteiger partial charge on any atom is 0.310 e. The first-order valence-electron chi connectivity index (χ1n) is 16.0. The molecule has 3 fully saturated rings. The van der Waals surface area contributed by atoms with Gasteiger partial charge in [-0.05, 0) is 76.6 Å². The van der Waals surface area contributed by atoms with E-state index in [4.69, 9.17) is 4.74 Å². The Bertz CT molecular complexity index is 1140. The molecular weight excluding hydrogens is 562 g/mol. The summed E-state index contributed by atoms with van der Waals surface area (Å²) in [7, 11) is 0. The summed E-state index contributed by atoms with van der Waals surface area (Å²) in [6, 6.07) is 7.37. The molecular formula is C34H49N3O5S. The Labute approximate surface area is 261 Å². The Kier molecular flexibility index (Phi) is 11.8. The number of carbonyl (C=O) groups is 3. The number of hydrogen-bond acceptors (Lipinski definition) is 7. The third kappa shape index (κ3) is 6.68. The van der Waals surface area contributed by atoms with Gasteiger partial charge in [0.2, 0.25) is 5.91 Å². The summed E-state index contributed by atoms with van der Waals surface area (Å²) in [5.74, 6) is -1.63. The van der Waals surface area contributed by atoms with Gasteiger partial charge >= 0.3 is 5.97 Å². The van der Waals surface area contributed by atoms with Crippen molar-refractivity contribution < 1.29 is 24.2 Å². The van der Waals surface area contributed by atoms with Crippen molar-refractivity contribution in [2.45, 2.75) is 81.3 Å². The van der Waals surface area contributed by atoms with Gasteiger partial charge in [0.05, 0.1) is 23.2 Å². The number of carbonyl (C=O) groups excluding carboxylic acids is 3. The number of unbranched alkanes of at least 4 members (excludes halogenated alkanes) is 4. The van der Waals surface area contributed by atoms with Gasteiger partial charge in [0.15, 0.2) is 0 Å². The normalized spacial score (nSPS) is 25.5. The standard InChI is InChI=1S/C34H49N3O5S/c1-5-9-14-24-42-33(41)28-27-19-20-34(43-27)29(28)31(39)37(22-12-10-11-13-23-38)30(34)32(40)36(21-6-2)26-17-15-25(16-18-26)35(7-3)8-4/h5-6,15-18,27-30,38H,1-2,7-14,19-24H2,3-4H3/t27-,28+,29-,30?,34?/m0/s1. The molecule has 4 rings (SSSR count). The largest absolute Gasteiger partial charge is 0.465 e. The summed E-state index contributed by atoms with van der Waals surface area (Å²) in [5.41, 5.74) is 1.87. The van der Waals surface area contributed by atoms with Crippen molar-refractivity contribution in [2.24, 2.45) is 11.8 Å². The van der Waals surface area contributed by atoms with Gasteiger partial charge in [-0.2, -0.15) is 0 Å². The van der Waals surface area contributed by atoms with Crippen LogP contribution in [0.2, 0.25) is 0 Å². The number of esters is 1. The topological polar surface area (TPSA) is 90.4 Å². The number of fused-ring (bicyclic) bond motifs is 1. The van der Waals surface area contributed by atoms with Gasteiger partial charge < -0.3 is 24.5 Å². The number of allylic oxidation sites excluding steroid dienone is 1. The van der Waals surface area contributed by atoms with Gasteiger partial charge in [-0.25, -0.2) is 0 Å². The van der Waals surface area contributed by atoms with Crippen molar-refractivity contribution in [3.8, 4) is 0 Å². The second-order valence-electron chi connectivity index (χ2n) is 11.7. The maximum absolute atomic E-state index is 14.7. The molecule has 0 aromatic heterocycles. The number of aliphatic hydroxyl groups excluding tert-OH is 1. The van der Waals surface area contributed by atoms with Crippen LogP contribution in [0.3, 0.4) is 0 Å². The average molecular weight is 612 g/mol. The van der Waals surface area contributed by atoms with Crippen LogP contribution < -0.4 is 9.80 Å². The van der Waals surface area contributed by atoms with Gasteiger partial charge in [0.1, 0.15) is 6.04 Å². The SMILES string of the molecule is C=CCCCOC(=O)[C@@H]1[C@@H]2CCC3(S2)C(C(=O)N(CC=C)c2ccc(N(CC)CC)cc2)N(CCCCCCO)C(=O)[C@H]13. The zero-order valence-electron chi connectivity index (χ0n) is 25.9. The third-order valence-corrected chi connectivity index (χ3v) is 11.2. The van der Waals surface area contributed by atoms with Gasteiger partial charge in [-0.3, -0.25) is 14.4 Å². The second-order valence-corrected chi connectivity index (χ2v) is 13.4. The summed E-state index contributed by atoms with van der Waals surface area (Å²) in [5, 5.41) is 9.18. The molecule has 0 aliphatic carbocycles. The number of anilines is 2. The lowest BCUT2D eigenvalue weighted by atomic mass is 9.71. The van der Waals surface area contributed by atoms with E-state index in [0.29, 0.717) is 26.1 Å². The summed E-state index contributed by atoms with van der Waals surface area (Å²) < 4.78 is 5.03. The van der Waals surface area contributed by atoms with E-state index in [2.05, 4.69) is 31.9 Å². The molecule has 3 aliphatic rings. The van der Waals surface area contributed by atoms with Gasteiger partial charge in [-0.15, -0.1) is 24.9 Å². The zero-order valence-corrected chi connectivity index (χ0v) is 26.7. The lowest BCUT2D eigenvalue weighted by molar-refractivity contribution is -0.154. The molecule has 3 aliphatic heterocycles. The lowest BCUT2D eigenvalue weighted by Crippen LogP contribution is -2.55. The van der Waals surface area contributed by atoms with E-state index in [0.717, 1.165) is 69.4 Å². The number of amides is 2. The molecule has 43 heavy (non-hydrogen) atoms. The van der Waals surface area contributed by atoms with Crippen LogP contribution in [0.1, 0.15) is 65.2 Å². The Morgan fingerprint density at radius 3 is 2.42 bits per heavy atom. The highest BCUT2D eigenvalue weighted by Crippen LogP contribution is 2.66. The predicted octanol–water partition coefficient (Wildman–Crippen LogP) is 5.21. The molecule has 1 aromatic rings. The van der Waals surface area contributed by atoms with Crippen LogP contribution in [-0.4, -0.2) is 83.2 Å². The van der Waals surface area contributed by atoms with Gasteiger partial charge in [0.25, 0.3) is 5.91 Å². The van der Waals surface area contributed by atoms with E-state index in [1.807, 2.05) is 24.3 Å². The first kappa shape index (κ1) is 33.1. The lowest BCUT2D eigenvalue weighted by Gasteiger charge is -2.37. The van der Waals surface area contributed by atoms with Crippen molar-refractivity contribution >= 4 is 40.9 Å². The van der Waals surface area contributed by atoms with Gasteiger partial charge in [0, 0.05) is 49.4 Å². The number of aliphatic hydroxyl groups is 1. The second kappa shape index (κ2) is 15.3. The molecule has 8 nitrogen and oxygen atoms in total. The van der Waals surface area contributed by atoms with Crippen molar-refractivity contribution in [3.05, 3.63) is 49.6 Å². The molecule has 1 aromatic carbocycles. The monoisotopic (exact) mass is 611 g/mol. The highest BCUT2D eigenvalue weighted by atomic mass is 32.2. The molecule has 1 N–H and O–H groups in total. The van der Waals surface area contributed by atoms with Crippen molar-refractivity contribution in [3.63, 3.8) is 0 Å². The minimum atomic E-state index is -0.668. The van der Waals surface area contributed by atoms with E-state index in [-0.39, 0.29) is 29.6 Å². The molecule has 1 spiro atoms. The number of hydrogen-bond donors (Lipinski definition) is 1. The molecule has 2 unspecified atom stereocenters. The Hall–Kier alpha value is -2.78. The molecule has 236 valence electrons. The highest BCUT2D eigenvalue weighted by molar-refractivity contribution is 8.02. The molecule has 2 bridgehead atoms. The van der Waals surface area contributed by atoms with Crippen LogP contribution in [0.4, 0.5) is 11.4 Å². The smallest absolute Gasteiger partial charge is 0.310 e. The Balaban J connectivity index is 1.65. The molecule has 3 heterocycles. The minimum Gasteiger partial charge on any atom is -0.465 e. The summed E-state index contributed by atoms with van der Waals surface area (Å²) >= 11 is 1.67. The Morgan fingerprint density at radius 1 is 1.07 bits per heavy atom. The summed E-state index contributed by atoms with van der Waals surface area (Å²) in [4.78, 5) is 48.2. The third-order valence-electron chi connectivity index (χ3n) is 9.28. The molecule has 9 heteroatoms. The van der Waals surface area contributed by atoms with Crippen LogP contribution in [0.5, 0.6) is 0 Å². The molecule has 3 saturated heterocycles. The zero-order chi connectivity index (χ0) is 31.0.